The van der Waals surface area contributed by atoms with Gasteiger partial charge in [0.15, 0.2) is 0 Å². The number of amides is 1. The van der Waals surface area contributed by atoms with E-state index in [0.717, 1.165) is 0 Å². The molecule has 0 spiro atoms. The molecule has 0 aliphatic carbocycles. The Hall–Kier alpha value is -2.11. The lowest BCUT2D eigenvalue weighted by Gasteiger charge is -2.05. The summed E-state index contributed by atoms with van der Waals surface area (Å²) >= 11 is 0. The molecule has 3 N–H and O–H groups in total. The van der Waals surface area contributed by atoms with E-state index in [2.05, 4.69) is 10.3 Å². The zero-order valence-electron chi connectivity index (χ0n) is 8.90. The minimum absolute atomic E-state index is 0.00303. The van der Waals surface area contributed by atoms with Crippen molar-refractivity contribution in [1.29, 1.82) is 0 Å². The number of nitrogens with one attached hydrogen (secondary N) is 1. The molecule has 0 bridgehead atoms. The van der Waals surface area contributed by atoms with Crippen molar-refractivity contribution in [2.24, 2.45) is 5.73 Å². The van der Waals surface area contributed by atoms with E-state index in [4.69, 9.17) is 10.5 Å². The zero-order valence-corrected chi connectivity index (χ0v) is 8.90. The molecule has 1 aromatic rings. The highest BCUT2D eigenvalue weighted by atomic mass is 16.5. The molecule has 1 rings (SSSR count). The molecule has 0 saturated heterocycles. The van der Waals surface area contributed by atoms with Gasteiger partial charge in [-0.05, 0) is 19.1 Å². The van der Waals surface area contributed by atoms with Crippen LogP contribution in [0, 0.1) is 0 Å². The van der Waals surface area contributed by atoms with Gasteiger partial charge in [-0.15, -0.1) is 0 Å². The fourth-order valence-corrected chi connectivity index (χ4v) is 1.06. The number of aromatic nitrogens is 1. The predicted octanol–water partition coefficient (Wildman–Crippen LogP) is 0.155. The van der Waals surface area contributed by atoms with Gasteiger partial charge in [0.05, 0.1) is 6.61 Å². The van der Waals surface area contributed by atoms with Gasteiger partial charge in [0.2, 0.25) is 5.91 Å². The molecule has 0 fully saturated rings. The average Bonchev–Trinajstić information content (AvgIpc) is 2.27. The van der Waals surface area contributed by atoms with E-state index in [1.54, 1.807) is 6.92 Å². The SMILES string of the molecule is CCOC(=O)CNc1cc(C(N)=O)ccn1. The molecule has 1 amide bonds. The molecule has 1 aromatic heterocycles. The van der Waals surface area contributed by atoms with Crippen molar-refractivity contribution in [1.82, 2.24) is 4.98 Å². The van der Waals surface area contributed by atoms with Gasteiger partial charge in [-0.1, -0.05) is 0 Å². The number of esters is 1. The van der Waals surface area contributed by atoms with Crippen LogP contribution in [0.2, 0.25) is 0 Å². The van der Waals surface area contributed by atoms with Crippen molar-refractivity contribution in [3.8, 4) is 0 Å². The van der Waals surface area contributed by atoms with Gasteiger partial charge in [-0.25, -0.2) is 4.98 Å². The molecule has 0 radical (unpaired) electrons. The Labute approximate surface area is 92.8 Å². The number of carbonyl (C=O) groups excluding carboxylic acids is 2. The third-order valence-electron chi connectivity index (χ3n) is 1.76. The molecule has 0 aliphatic heterocycles. The van der Waals surface area contributed by atoms with Crippen LogP contribution in [0.15, 0.2) is 18.3 Å². The third-order valence-corrected chi connectivity index (χ3v) is 1.76. The summed E-state index contributed by atoms with van der Waals surface area (Å²) in [5.41, 5.74) is 5.43. The summed E-state index contributed by atoms with van der Waals surface area (Å²) < 4.78 is 4.72. The first-order chi connectivity index (χ1) is 7.63. The second-order valence-corrected chi connectivity index (χ2v) is 2.95. The number of anilines is 1. The highest BCUT2D eigenvalue weighted by Crippen LogP contribution is 2.05. The van der Waals surface area contributed by atoms with Crippen LogP contribution < -0.4 is 11.1 Å². The summed E-state index contributed by atoms with van der Waals surface area (Å²) in [5.74, 6) is -0.514. The average molecular weight is 223 g/mol. The molecule has 0 aromatic carbocycles. The van der Waals surface area contributed by atoms with E-state index in [1.165, 1.54) is 18.3 Å². The predicted molar refractivity (Wildman–Crippen MR) is 57.9 cm³/mol. The standard InChI is InChI=1S/C10H13N3O3/c1-2-16-9(14)6-13-8-5-7(10(11)15)3-4-12-8/h3-5H,2,6H2,1H3,(H2,11,15)(H,12,13). The Bertz CT molecular complexity index is 393. The minimum atomic E-state index is -0.540. The fourth-order valence-electron chi connectivity index (χ4n) is 1.06. The van der Waals surface area contributed by atoms with Crippen molar-refractivity contribution in [2.75, 3.05) is 18.5 Å². The Kier molecular flexibility index (Phi) is 4.26. The van der Waals surface area contributed by atoms with Gasteiger partial charge in [0.25, 0.3) is 0 Å². The maximum atomic E-state index is 11.0. The highest BCUT2D eigenvalue weighted by Gasteiger charge is 2.04. The maximum absolute atomic E-state index is 11.0. The molecule has 6 heteroatoms. The fraction of sp³-hybridized carbons (Fsp3) is 0.300. The number of carbonyl (C=O) groups is 2. The van der Waals surface area contributed by atoms with E-state index >= 15 is 0 Å². The number of nitrogens with two attached hydrogens (primary N) is 1. The van der Waals surface area contributed by atoms with Gasteiger partial charge >= 0.3 is 5.97 Å². The first-order valence-corrected chi connectivity index (χ1v) is 4.79. The van der Waals surface area contributed by atoms with Crippen LogP contribution >= 0.6 is 0 Å². The summed E-state index contributed by atoms with van der Waals surface area (Å²) in [5, 5.41) is 2.73. The second-order valence-electron chi connectivity index (χ2n) is 2.95. The number of ether oxygens (including phenoxy) is 1. The second kappa shape index (κ2) is 5.69. The third kappa shape index (κ3) is 3.56. The Balaban J connectivity index is 2.57. The van der Waals surface area contributed by atoms with Crippen LogP contribution in [0.5, 0.6) is 0 Å². The monoisotopic (exact) mass is 223 g/mol. The van der Waals surface area contributed by atoms with E-state index < -0.39 is 5.91 Å². The smallest absolute Gasteiger partial charge is 0.325 e. The summed E-state index contributed by atoms with van der Waals surface area (Å²) in [4.78, 5) is 25.8. The minimum Gasteiger partial charge on any atom is -0.465 e. The van der Waals surface area contributed by atoms with Crippen LogP contribution in [-0.2, 0) is 9.53 Å². The van der Waals surface area contributed by atoms with Crippen molar-refractivity contribution < 1.29 is 14.3 Å². The lowest BCUT2D eigenvalue weighted by Crippen LogP contribution is -2.18. The number of pyridine rings is 1. The summed E-state index contributed by atoms with van der Waals surface area (Å²) in [6.07, 6.45) is 1.44. The zero-order chi connectivity index (χ0) is 12.0. The number of nitrogens with zero attached hydrogens (tertiary/aromatic N) is 1. The first kappa shape index (κ1) is 12.0. The largest absolute Gasteiger partial charge is 0.465 e. The Morgan fingerprint density at radius 1 is 1.56 bits per heavy atom. The van der Waals surface area contributed by atoms with Crippen molar-refractivity contribution in [2.45, 2.75) is 6.92 Å². The number of rotatable bonds is 5. The first-order valence-electron chi connectivity index (χ1n) is 4.79. The molecule has 1 heterocycles. The van der Waals surface area contributed by atoms with Crippen LogP contribution in [0.4, 0.5) is 5.82 Å². The van der Waals surface area contributed by atoms with Crippen molar-refractivity contribution in [3.63, 3.8) is 0 Å². The van der Waals surface area contributed by atoms with E-state index in [-0.39, 0.29) is 12.5 Å². The quantitative estimate of drug-likeness (QED) is 0.693. The van der Waals surface area contributed by atoms with E-state index in [1.807, 2.05) is 0 Å². The van der Waals surface area contributed by atoms with Gasteiger partial charge in [-0.2, -0.15) is 0 Å². The summed E-state index contributed by atoms with van der Waals surface area (Å²) in [6.45, 7) is 2.06. The van der Waals surface area contributed by atoms with Gasteiger partial charge in [-0.3, -0.25) is 9.59 Å². The summed E-state index contributed by atoms with van der Waals surface area (Å²) in [7, 11) is 0. The molecule has 0 atom stereocenters. The molecular formula is C10H13N3O3. The molecule has 0 saturated carbocycles. The van der Waals surface area contributed by atoms with Crippen LogP contribution in [0.3, 0.4) is 0 Å². The van der Waals surface area contributed by atoms with Crippen LogP contribution in [0.1, 0.15) is 17.3 Å². The Morgan fingerprint density at radius 3 is 2.94 bits per heavy atom. The molecular weight excluding hydrogens is 210 g/mol. The molecule has 16 heavy (non-hydrogen) atoms. The summed E-state index contributed by atoms with van der Waals surface area (Å²) in [6, 6.07) is 2.97. The Morgan fingerprint density at radius 2 is 2.31 bits per heavy atom. The lowest BCUT2D eigenvalue weighted by atomic mass is 10.2. The lowest BCUT2D eigenvalue weighted by molar-refractivity contribution is -0.140. The van der Waals surface area contributed by atoms with E-state index in [0.29, 0.717) is 18.0 Å². The molecule has 86 valence electrons. The number of primary amides is 1. The van der Waals surface area contributed by atoms with Gasteiger partial charge < -0.3 is 15.8 Å². The molecule has 0 unspecified atom stereocenters. The van der Waals surface area contributed by atoms with Gasteiger partial charge in [0, 0.05) is 11.8 Å². The molecule has 0 aliphatic rings. The van der Waals surface area contributed by atoms with Crippen molar-refractivity contribution >= 4 is 17.7 Å². The molecule has 6 nitrogen and oxygen atoms in total. The highest BCUT2D eigenvalue weighted by molar-refractivity contribution is 5.93. The van der Waals surface area contributed by atoms with E-state index in [9.17, 15) is 9.59 Å². The van der Waals surface area contributed by atoms with Crippen LogP contribution in [-0.4, -0.2) is 30.0 Å². The topological polar surface area (TPSA) is 94.3 Å². The van der Waals surface area contributed by atoms with Crippen LogP contribution in [0.25, 0.3) is 0 Å². The normalized spacial score (nSPS) is 9.56. The van der Waals surface area contributed by atoms with Gasteiger partial charge in [0.1, 0.15) is 12.4 Å². The van der Waals surface area contributed by atoms with Crippen molar-refractivity contribution in [3.05, 3.63) is 23.9 Å². The number of hydrogen-bond donors (Lipinski definition) is 2. The maximum Gasteiger partial charge on any atom is 0.325 e. The number of hydrogen-bond acceptors (Lipinski definition) is 5.